The maximum atomic E-state index is 12.9. The highest BCUT2D eigenvalue weighted by Crippen LogP contribution is 2.21. The predicted molar refractivity (Wildman–Crippen MR) is 108 cm³/mol. The van der Waals surface area contributed by atoms with Crippen LogP contribution in [0.2, 0.25) is 0 Å². The van der Waals surface area contributed by atoms with Crippen LogP contribution in [0.15, 0.2) is 54.6 Å². The van der Waals surface area contributed by atoms with Crippen LogP contribution < -0.4 is 5.32 Å². The second kappa shape index (κ2) is 11.1. The second-order valence-electron chi connectivity index (χ2n) is 7.25. The monoisotopic (exact) mass is 399 g/mol. The molecule has 0 aliphatic heterocycles. The summed E-state index contributed by atoms with van der Waals surface area (Å²) in [7, 11) is 0. The van der Waals surface area contributed by atoms with Gasteiger partial charge in [0.1, 0.15) is 5.82 Å². The standard InChI is InChI=1S/C23H26FNO4/c1-16(2)14-20(17-6-4-3-5-7-17)25-22(27)15-29-23(28)13-12-21(26)18-8-10-19(24)11-9-18/h3-11,16,20H,12-15H2,1-2H3,(H,25,27)/t20-/m1/s1. The molecule has 0 aromatic heterocycles. The average Bonchev–Trinajstić information content (AvgIpc) is 2.71. The van der Waals surface area contributed by atoms with Gasteiger partial charge in [0.05, 0.1) is 12.5 Å². The number of Topliss-reactive ketones (excluding diaryl/α,β-unsaturated/α-hetero) is 1. The van der Waals surface area contributed by atoms with Crippen LogP contribution in [0.4, 0.5) is 4.39 Å². The minimum atomic E-state index is -0.629. The Morgan fingerprint density at radius 2 is 1.62 bits per heavy atom. The molecule has 154 valence electrons. The van der Waals surface area contributed by atoms with Gasteiger partial charge in [-0.05, 0) is 42.2 Å². The molecular weight excluding hydrogens is 373 g/mol. The fourth-order valence-corrected chi connectivity index (χ4v) is 2.89. The lowest BCUT2D eigenvalue weighted by Gasteiger charge is -2.21. The van der Waals surface area contributed by atoms with Gasteiger partial charge in [-0.2, -0.15) is 0 Å². The lowest BCUT2D eigenvalue weighted by atomic mass is 9.97. The minimum Gasteiger partial charge on any atom is -0.456 e. The quantitative estimate of drug-likeness (QED) is 0.479. The third kappa shape index (κ3) is 7.86. The van der Waals surface area contributed by atoms with E-state index in [4.69, 9.17) is 4.74 Å². The number of carbonyl (C=O) groups is 3. The highest BCUT2D eigenvalue weighted by molar-refractivity contribution is 5.97. The van der Waals surface area contributed by atoms with Crippen LogP contribution in [-0.4, -0.2) is 24.3 Å². The summed E-state index contributed by atoms with van der Waals surface area (Å²) in [6, 6.07) is 14.6. The van der Waals surface area contributed by atoms with Crippen molar-refractivity contribution in [2.45, 2.75) is 39.2 Å². The zero-order valence-electron chi connectivity index (χ0n) is 16.7. The van der Waals surface area contributed by atoms with Gasteiger partial charge in [-0.3, -0.25) is 14.4 Å². The average molecular weight is 399 g/mol. The van der Waals surface area contributed by atoms with Crippen molar-refractivity contribution in [3.8, 4) is 0 Å². The second-order valence-corrected chi connectivity index (χ2v) is 7.25. The Morgan fingerprint density at radius 3 is 2.24 bits per heavy atom. The fourth-order valence-electron chi connectivity index (χ4n) is 2.89. The van der Waals surface area contributed by atoms with Gasteiger partial charge in [-0.1, -0.05) is 44.2 Å². The molecule has 6 heteroatoms. The Hall–Kier alpha value is -3.02. The Morgan fingerprint density at radius 1 is 0.966 bits per heavy atom. The van der Waals surface area contributed by atoms with Crippen LogP contribution in [0.25, 0.3) is 0 Å². The molecule has 0 radical (unpaired) electrons. The number of ketones is 1. The van der Waals surface area contributed by atoms with E-state index in [-0.39, 0.29) is 24.7 Å². The van der Waals surface area contributed by atoms with Gasteiger partial charge < -0.3 is 10.1 Å². The van der Waals surface area contributed by atoms with Crippen LogP contribution >= 0.6 is 0 Å². The maximum absolute atomic E-state index is 12.9. The molecule has 5 nitrogen and oxygen atoms in total. The summed E-state index contributed by atoms with van der Waals surface area (Å²) >= 11 is 0. The highest BCUT2D eigenvalue weighted by Gasteiger charge is 2.17. The molecule has 0 heterocycles. The van der Waals surface area contributed by atoms with Gasteiger partial charge >= 0.3 is 5.97 Å². The molecule has 0 fully saturated rings. The highest BCUT2D eigenvalue weighted by atomic mass is 19.1. The first-order valence-corrected chi connectivity index (χ1v) is 9.64. The lowest BCUT2D eigenvalue weighted by molar-refractivity contribution is -0.148. The molecule has 0 bridgehead atoms. The summed E-state index contributed by atoms with van der Waals surface area (Å²) in [6.07, 6.45) is 0.555. The minimum absolute atomic E-state index is 0.0634. The molecule has 1 amide bonds. The molecule has 0 saturated carbocycles. The molecule has 2 aromatic carbocycles. The summed E-state index contributed by atoms with van der Waals surface area (Å²) in [5.41, 5.74) is 1.32. The third-order valence-corrected chi connectivity index (χ3v) is 4.33. The zero-order valence-corrected chi connectivity index (χ0v) is 16.7. The topological polar surface area (TPSA) is 72.5 Å². The zero-order chi connectivity index (χ0) is 21.2. The summed E-state index contributed by atoms with van der Waals surface area (Å²) < 4.78 is 17.9. The number of amides is 1. The molecule has 0 spiro atoms. The van der Waals surface area contributed by atoms with E-state index in [0.717, 1.165) is 12.0 Å². The Balaban J connectivity index is 1.78. The van der Waals surface area contributed by atoms with Crippen LogP contribution in [0.3, 0.4) is 0 Å². The molecule has 1 atom stereocenters. The molecule has 29 heavy (non-hydrogen) atoms. The number of hydrogen-bond acceptors (Lipinski definition) is 4. The van der Waals surface area contributed by atoms with Gasteiger partial charge in [0.15, 0.2) is 12.4 Å². The van der Waals surface area contributed by atoms with Crippen LogP contribution in [0.1, 0.15) is 55.1 Å². The Kier molecular flexibility index (Phi) is 8.52. The Bertz CT molecular complexity index is 819. The first-order valence-electron chi connectivity index (χ1n) is 9.64. The smallest absolute Gasteiger partial charge is 0.306 e. The van der Waals surface area contributed by atoms with Crippen molar-refractivity contribution in [1.82, 2.24) is 5.32 Å². The van der Waals surface area contributed by atoms with Crippen molar-refractivity contribution >= 4 is 17.7 Å². The summed E-state index contributed by atoms with van der Waals surface area (Å²) in [4.78, 5) is 36.1. The van der Waals surface area contributed by atoms with E-state index in [1.54, 1.807) is 0 Å². The number of ether oxygens (including phenoxy) is 1. The number of rotatable bonds is 10. The van der Waals surface area contributed by atoms with E-state index >= 15 is 0 Å². The molecule has 0 aliphatic rings. The summed E-state index contributed by atoms with van der Waals surface area (Å²) in [5.74, 6) is -1.36. The SMILES string of the molecule is CC(C)C[C@@H](NC(=O)COC(=O)CCC(=O)c1ccc(F)cc1)c1ccccc1. The van der Waals surface area contributed by atoms with Crippen LogP contribution in [0.5, 0.6) is 0 Å². The molecule has 0 aliphatic carbocycles. The van der Waals surface area contributed by atoms with Gasteiger partial charge in [0.25, 0.3) is 5.91 Å². The van der Waals surface area contributed by atoms with Crippen LogP contribution in [-0.2, 0) is 14.3 Å². The van der Waals surface area contributed by atoms with Crippen molar-refractivity contribution in [2.24, 2.45) is 5.92 Å². The number of carbonyl (C=O) groups excluding carboxylic acids is 3. The van der Waals surface area contributed by atoms with Gasteiger partial charge in [0.2, 0.25) is 0 Å². The summed E-state index contributed by atoms with van der Waals surface area (Å²) in [5, 5.41) is 2.90. The number of esters is 1. The number of halogens is 1. The van der Waals surface area contributed by atoms with E-state index in [9.17, 15) is 18.8 Å². The number of benzene rings is 2. The van der Waals surface area contributed by atoms with Gasteiger partial charge in [-0.25, -0.2) is 4.39 Å². The predicted octanol–water partition coefficient (Wildman–Crippen LogP) is 4.24. The lowest BCUT2D eigenvalue weighted by Crippen LogP contribution is -2.33. The van der Waals surface area contributed by atoms with Crippen molar-refractivity contribution < 1.29 is 23.5 Å². The van der Waals surface area contributed by atoms with Gasteiger partial charge in [-0.15, -0.1) is 0 Å². The van der Waals surface area contributed by atoms with Crippen molar-refractivity contribution in [2.75, 3.05) is 6.61 Å². The first-order chi connectivity index (χ1) is 13.8. The van der Waals surface area contributed by atoms with Crippen molar-refractivity contribution in [3.63, 3.8) is 0 Å². The molecule has 2 aromatic rings. The molecule has 1 N–H and O–H groups in total. The van der Waals surface area contributed by atoms with Crippen molar-refractivity contribution in [3.05, 3.63) is 71.5 Å². The molecule has 2 rings (SSSR count). The molecule has 0 saturated heterocycles. The fraction of sp³-hybridized carbons (Fsp3) is 0.348. The molecular formula is C23H26FNO4. The van der Waals surface area contributed by atoms with Gasteiger partial charge in [0, 0.05) is 12.0 Å². The van der Waals surface area contributed by atoms with E-state index in [1.807, 2.05) is 30.3 Å². The van der Waals surface area contributed by atoms with Crippen LogP contribution in [0, 0.1) is 11.7 Å². The van der Waals surface area contributed by atoms with E-state index in [0.29, 0.717) is 11.5 Å². The largest absolute Gasteiger partial charge is 0.456 e. The first kappa shape index (κ1) is 22.3. The number of nitrogens with one attached hydrogen (secondary N) is 1. The van der Waals surface area contributed by atoms with E-state index < -0.39 is 24.3 Å². The maximum Gasteiger partial charge on any atom is 0.306 e. The van der Waals surface area contributed by atoms with E-state index in [1.165, 1.54) is 24.3 Å². The Labute approximate surface area is 170 Å². The van der Waals surface area contributed by atoms with Crippen molar-refractivity contribution in [1.29, 1.82) is 0 Å². The normalized spacial score (nSPS) is 11.7. The number of hydrogen-bond donors (Lipinski definition) is 1. The summed E-state index contributed by atoms with van der Waals surface area (Å²) in [6.45, 7) is 3.74. The van der Waals surface area contributed by atoms with E-state index in [2.05, 4.69) is 19.2 Å². The molecule has 0 unspecified atom stereocenters. The third-order valence-electron chi connectivity index (χ3n) is 4.33.